The number of carbonyl (C=O) groups is 1. The number of carboxylic acid groups (broad SMARTS) is 1. The van der Waals surface area contributed by atoms with Crippen LogP contribution in [0.4, 0.5) is 13.2 Å². The zero-order valence-corrected chi connectivity index (χ0v) is 11.2. The average Bonchev–Trinajstić information content (AvgIpc) is 2.37. The summed E-state index contributed by atoms with van der Waals surface area (Å²) in [6.45, 7) is 1.62. The highest BCUT2D eigenvalue weighted by Crippen LogP contribution is 2.40. The molecule has 110 valence electrons. The number of rotatable bonds is 2. The first-order valence-electron chi connectivity index (χ1n) is 6.71. The molecule has 2 unspecified atom stereocenters. The van der Waals surface area contributed by atoms with E-state index in [9.17, 15) is 23.1 Å². The molecule has 1 aliphatic rings. The Morgan fingerprint density at radius 3 is 2.45 bits per heavy atom. The molecule has 0 spiro atoms. The predicted octanol–water partition coefficient (Wildman–Crippen LogP) is 4.37. The third-order valence-electron chi connectivity index (χ3n) is 4.08. The third kappa shape index (κ3) is 2.97. The number of aryl methyl sites for hydroxylation is 1. The third-order valence-corrected chi connectivity index (χ3v) is 4.08. The lowest BCUT2D eigenvalue weighted by molar-refractivity contribution is -0.143. The van der Waals surface area contributed by atoms with Gasteiger partial charge in [0.2, 0.25) is 0 Å². The summed E-state index contributed by atoms with van der Waals surface area (Å²) in [4.78, 5) is 11.3. The van der Waals surface area contributed by atoms with Crippen molar-refractivity contribution in [2.24, 2.45) is 5.92 Å². The second kappa shape index (κ2) is 5.46. The fraction of sp³-hybridized carbons (Fsp3) is 0.533. The first-order chi connectivity index (χ1) is 9.30. The first-order valence-corrected chi connectivity index (χ1v) is 6.71. The van der Waals surface area contributed by atoms with E-state index < -0.39 is 23.6 Å². The van der Waals surface area contributed by atoms with E-state index >= 15 is 0 Å². The fourth-order valence-electron chi connectivity index (χ4n) is 3.07. The van der Waals surface area contributed by atoms with E-state index in [4.69, 9.17) is 0 Å². The second-order valence-electron chi connectivity index (χ2n) is 5.40. The van der Waals surface area contributed by atoms with Crippen molar-refractivity contribution in [2.75, 3.05) is 0 Å². The van der Waals surface area contributed by atoms with Crippen LogP contribution in [0.25, 0.3) is 0 Å². The molecule has 0 amide bonds. The van der Waals surface area contributed by atoms with E-state index in [0.717, 1.165) is 37.0 Å². The minimum atomic E-state index is -4.36. The molecule has 2 rings (SSSR count). The molecule has 0 bridgehead atoms. The summed E-state index contributed by atoms with van der Waals surface area (Å²) in [5.74, 6) is -1.52. The zero-order chi connectivity index (χ0) is 14.9. The van der Waals surface area contributed by atoms with Gasteiger partial charge in [-0.25, -0.2) is 0 Å². The smallest absolute Gasteiger partial charge is 0.416 e. The maximum Gasteiger partial charge on any atom is 0.416 e. The molecule has 2 nitrogen and oxygen atoms in total. The monoisotopic (exact) mass is 286 g/mol. The van der Waals surface area contributed by atoms with Crippen molar-refractivity contribution in [1.82, 2.24) is 0 Å². The van der Waals surface area contributed by atoms with Crippen LogP contribution in [0.2, 0.25) is 0 Å². The Morgan fingerprint density at radius 2 is 1.90 bits per heavy atom. The number of carboxylic acids is 1. The molecule has 1 aromatic carbocycles. The Hall–Kier alpha value is -1.52. The van der Waals surface area contributed by atoms with Crippen LogP contribution in [0, 0.1) is 12.8 Å². The van der Waals surface area contributed by atoms with Crippen molar-refractivity contribution < 1.29 is 23.1 Å². The quantitative estimate of drug-likeness (QED) is 0.876. The number of halogens is 3. The molecule has 0 radical (unpaired) electrons. The molecule has 1 aromatic rings. The summed E-state index contributed by atoms with van der Waals surface area (Å²) >= 11 is 0. The topological polar surface area (TPSA) is 37.3 Å². The molecule has 1 fully saturated rings. The van der Waals surface area contributed by atoms with E-state index in [0.29, 0.717) is 12.0 Å². The van der Waals surface area contributed by atoms with Gasteiger partial charge in [0.25, 0.3) is 0 Å². The summed E-state index contributed by atoms with van der Waals surface area (Å²) in [5, 5.41) is 9.26. The Balaban J connectivity index is 2.34. The maximum absolute atomic E-state index is 12.7. The van der Waals surface area contributed by atoms with Gasteiger partial charge < -0.3 is 5.11 Å². The fourth-order valence-corrected chi connectivity index (χ4v) is 3.07. The van der Waals surface area contributed by atoms with Crippen LogP contribution in [-0.2, 0) is 11.0 Å². The lowest BCUT2D eigenvalue weighted by atomic mass is 9.74. The maximum atomic E-state index is 12.7. The number of aliphatic carboxylic acids is 1. The number of hydrogen-bond donors (Lipinski definition) is 1. The molecule has 2 atom stereocenters. The average molecular weight is 286 g/mol. The van der Waals surface area contributed by atoms with Gasteiger partial charge in [0.15, 0.2) is 0 Å². The molecule has 1 aliphatic carbocycles. The van der Waals surface area contributed by atoms with Crippen molar-refractivity contribution >= 4 is 5.97 Å². The lowest BCUT2D eigenvalue weighted by Gasteiger charge is -2.30. The second-order valence-corrected chi connectivity index (χ2v) is 5.40. The molecule has 1 N–H and O–H groups in total. The minimum Gasteiger partial charge on any atom is -0.481 e. The normalized spacial score (nSPS) is 23.6. The predicted molar refractivity (Wildman–Crippen MR) is 68.5 cm³/mol. The number of alkyl halides is 3. The summed E-state index contributed by atoms with van der Waals surface area (Å²) in [5.41, 5.74) is 0.588. The standard InChI is InChI=1S/C15H17F3O2/c1-9-8-10(15(16,17)18)6-7-11(9)12-4-2-3-5-13(12)14(19)20/h6-8,12-13H,2-5H2,1H3,(H,19,20). The van der Waals surface area contributed by atoms with E-state index in [1.165, 1.54) is 6.07 Å². The van der Waals surface area contributed by atoms with Crippen LogP contribution in [-0.4, -0.2) is 11.1 Å². The Labute approximate surface area is 115 Å². The summed E-state index contributed by atoms with van der Waals surface area (Å²) in [6, 6.07) is 3.61. The van der Waals surface area contributed by atoms with Crippen LogP contribution in [0.3, 0.4) is 0 Å². The largest absolute Gasteiger partial charge is 0.481 e. The zero-order valence-electron chi connectivity index (χ0n) is 11.2. The van der Waals surface area contributed by atoms with Crippen molar-refractivity contribution in [2.45, 2.75) is 44.7 Å². The highest BCUT2D eigenvalue weighted by atomic mass is 19.4. The SMILES string of the molecule is Cc1cc(C(F)(F)F)ccc1C1CCCCC1C(=O)O. The van der Waals surface area contributed by atoms with Gasteiger partial charge >= 0.3 is 12.1 Å². The molecule has 0 aliphatic heterocycles. The van der Waals surface area contributed by atoms with Crippen molar-refractivity contribution in [1.29, 1.82) is 0 Å². The molecular weight excluding hydrogens is 269 g/mol. The van der Waals surface area contributed by atoms with Crippen molar-refractivity contribution in [3.05, 3.63) is 34.9 Å². The molecule has 5 heteroatoms. The summed E-state index contributed by atoms with van der Waals surface area (Å²) < 4.78 is 38.0. The Morgan fingerprint density at radius 1 is 1.25 bits per heavy atom. The molecule has 0 heterocycles. The van der Waals surface area contributed by atoms with Gasteiger partial charge in [0.1, 0.15) is 0 Å². The van der Waals surface area contributed by atoms with Gasteiger partial charge in [0, 0.05) is 0 Å². The molecule has 0 saturated heterocycles. The Bertz CT molecular complexity index is 508. The van der Waals surface area contributed by atoms with Crippen LogP contribution < -0.4 is 0 Å². The van der Waals surface area contributed by atoms with Gasteiger partial charge in [-0.15, -0.1) is 0 Å². The van der Waals surface area contributed by atoms with Crippen LogP contribution in [0.1, 0.15) is 48.3 Å². The van der Waals surface area contributed by atoms with Crippen molar-refractivity contribution in [3.8, 4) is 0 Å². The van der Waals surface area contributed by atoms with Crippen LogP contribution in [0.5, 0.6) is 0 Å². The molecular formula is C15H17F3O2. The van der Waals surface area contributed by atoms with Gasteiger partial charge in [-0.1, -0.05) is 18.9 Å². The van der Waals surface area contributed by atoms with Gasteiger partial charge in [0.05, 0.1) is 11.5 Å². The van der Waals surface area contributed by atoms with E-state index in [2.05, 4.69) is 0 Å². The number of hydrogen-bond acceptors (Lipinski definition) is 1. The Kier molecular flexibility index (Phi) is 4.06. The van der Waals surface area contributed by atoms with Crippen molar-refractivity contribution in [3.63, 3.8) is 0 Å². The lowest BCUT2D eigenvalue weighted by Crippen LogP contribution is -2.26. The highest BCUT2D eigenvalue weighted by molar-refractivity contribution is 5.71. The first kappa shape index (κ1) is 14.9. The van der Waals surface area contributed by atoms with Gasteiger partial charge in [-0.3, -0.25) is 4.79 Å². The molecule has 0 aromatic heterocycles. The van der Waals surface area contributed by atoms with E-state index in [-0.39, 0.29) is 5.92 Å². The minimum absolute atomic E-state index is 0.177. The van der Waals surface area contributed by atoms with Gasteiger partial charge in [-0.05, 0) is 48.9 Å². The van der Waals surface area contributed by atoms with Gasteiger partial charge in [-0.2, -0.15) is 13.2 Å². The van der Waals surface area contributed by atoms with Crippen LogP contribution in [0.15, 0.2) is 18.2 Å². The molecule has 1 saturated carbocycles. The molecule has 20 heavy (non-hydrogen) atoms. The number of benzene rings is 1. The highest BCUT2D eigenvalue weighted by Gasteiger charge is 2.34. The van der Waals surface area contributed by atoms with Crippen LogP contribution >= 0.6 is 0 Å². The summed E-state index contributed by atoms with van der Waals surface area (Å²) in [6.07, 6.45) is -1.24. The summed E-state index contributed by atoms with van der Waals surface area (Å²) in [7, 11) is 0. The van der Waals surface area contributed by atoms with E-state index in [1.54, 1.807) is 6.92 Å². The van der Waals surface area contributed by atoms with E-state index in [1.807, 2.05) is 0 Å².